The number of hydrogen-bond acceptors (Lipinski definition) is 6. The van der Waals surface area contributed by atoms with Gasteiger partial charge in [0.1, 0.15) is 12.7 Å². The topological polar surface area (TPSA) is 93.9 Å². The molecular weight excluding hydrogens is 362 g/mol. The van der Waals surface area contributed by atoms with E-state index in [0.717, 1.165) is 5.75 Å². The van der Waals surface area contributed by atoms with Gasteiger partial charge in [-0.05, 0) is 31.7 Å². The van der Waals surface area contributed by atoms with E-state index in [-0.39, 0.29) is 17.7 Å². The zero-order valence-corrected chi connectivity index (χ0v) is 15.8. The summed E-state index contributed by atoms with van der Waals surface area (Å²) in [6.07, 6.45) is -0.192. The summed E-state index contributed by atoms with van der Waals surface area (Å²) in [6, 6.07) is 13.0. The molecule has 0 fully saturated rings. The van der Waals surface area contributed by atoms with Gasteiger partial charge in [0.2, 0.25) is 5.91 Å². The number of amides is 1. The van der Waals surface area contributed by atoms with Crippen molar-refractivity contribution >= 4 is 17.3 Å². The summed E-state index contributed by atoms with van der Waals surface area (Å²) in [4.78, 5) is 25.0. The highest BCUT2D eigenvalue weighted by Crippen LogP contribution is 2.31. The van der Waals surface area contributed by atoms with Gasteiger partial charge in [0.25, 0.3) is 5.69 Å². The van der Waals surface area contributed by atoms with Gasteiger partial charge in [0, 0.05) is 24.4 Å². The van der Waals surface area contributed by atoms with Crippen molar-refractivity contribution in [3.63, 3.8) is 0 Å². The maximum Gasteiger partial charge on any atom is 0.271 e. The fourth-order valence-corrected chi connectivity index (χ4v) is 3.09. The number of likely N-dealkylation sites (N-methyl/N-ethyl adjacent to an activating group) is 1. The standard InChI is InChI=1S/C20H23N3O5/c1-3-22(12-17-13-27-18-9-4-5-10-19(18)28-17)14(2)20(24)21-15-7-6-8-16(11-15)23(25)26/h4-11,14,17H,3,12-13H2,1-2H3,(H,21,24). The summed E-state index contributed by atoms with van der Waals surface area (Å²) >= 11 is 0. The molecule has 0 aliphatic carbocycles. The van der Waals surface area contributed by atoms with Gasteiger partial charge in [0.15, 0.2) is 11.5 Å². The van der Waals surface area contributed by atoms with E-state index in [1.54, 1.807) is 19.1 Å². The zero-order chi connectivity index (χ0) is 20.1. The Kier molecular flexibility index (Phi) is 6.10. The lowest BCUT2D eigenvalue weighted by Crippen LogP contribution is -2.48. The second kappa shape index (κ2) is 8.71. The first-order chi connectivity index (χ1) is 13.5. The lowest BCUT2D eigenvalue weighted by Gasteiger charge is -2.33. The number of para-hydroxylation sites is 2. The molecule has 28 heavy (non-hydrogen) atoms. The summed E-state index contributed by atoms with van der Waals surface area (Å²) in [5.41, 5.74) is 0.331. The first kappa shape index (κ1) is 19.6. The number of hydrogen-bond donors (Lipinski definition) is 1. The molecule has 0 spiro atoms. The Morgan fingerprint density at radius 2 is 2.04 bits per heavy atom. The minimum Gasteiger partial charge on any atom is -0.486 e. The fourth-order valence-electron chi connectivity index (χ4n) is 3.09. The number of nitro groups is 1. The average molecular weight is 385 g/mol. The van der Waals surface area contributed by atoms with E-state index in [4.69, 9.17) is 9.47 Å². The van der Waals surface area contributed by atoms with Gasteiger partial charge >= 0.3 is 0 Å². The summed E-state index contributed by atoms with van der Waals surface area (Å²) in [6.45, 7) is 5.34. The molecule has 3 rings (SSSR count). The van der Waals surface area contributed by atoms with Crippen molar-refractivity contribution in [1.29, 1.82) is 0 Å². The van der Waals surface area contributed by atoms with Crippen molar-refractivity contribution in [2.75, 3.05) is 25.0 Å². The van der Waals surface area contributed by atoms with Gasteiger partial charge < -0.3 is 14.8 Å². The van der Waals surface area contributed by atoms with Crippen molar-refractivity contribution in [2.45, 2.75) is 26.0 Å². The molecule has 148 valence electrons. The van der Waals surface area contributed by atoms with Crippen LogP contribution in [0.4, 0.5) is 11.4 Å². The third-order valence-corrected chi connectivity index (χ3v) is 4.66. The van der Waals surface area contributed by atoms with Crippen molar-refractivity contribution in [2.24, 2.45) is 0 Å². The number of rotatable bonds is 7. The molecule has 1 heterocycles. The molecule has 8 heteroatoms. The van der Waals surface area contributed by atoms with E-state index in [9.17, 15) is 14.9 Å². The van der Waals surface area contributed by atoms with E-state index < -0.39 is 11.0 Å². The van der Waals surface area contributed by atoms with Crippen molar-refractivity contribution < 1.29 is 19.2 Å². The molecule has 0 saturated heterocycles. The summed E-state index contributed by atoms with van der Waals surface area (Å²) < 4.78 is 11.7. The van der Waals surface area contributed by atoms with Gasteiger partial charge in [-0.1, -0.05) is 25.1 Å². The maximum absolute atomic E-state index is 12.6. The molecule has 0 saturated carbocycles. The molecule has 8 nitrogen and oxygen atoms in total. The lowest BCUT2D eigenvalue weighted by atomic mass is 10.2. The van der Waals surface area contributed by atoms with E-state index in [2.05, 4.69) is 5.32 Å². The van der Waals surface area contributed by atoms with Crippen LogP contribution in [0.25, 0.3) is 0 Å². The summed E-state index contributed by atoms with van der Waals surface area (Å²) in [5.74, 6) is 1.18. The molecular formula is C20H23N3O5. The summed E-state index contributed by atoms with van der Waals surface area (Å²) in [7, 11) is 0. The van der Waals surface area contributed by atoms with Crippen molar-refractivity contribution in [3.05, 3.63) is 58.6 Å². The van der Waals surface area contributed by atoms with Crippen LogP contribution in [0.1, 0.15) is 13.8 Å². The van der Waals surface area contributed by atoms with E-state index in [1.807, 2.05) is 36.1 Å². The first-order valence-electron chi connectivity index (χ1n) is 9.15. The fraction of sp³-hybridized carbons (Fsp3) is 0.350. The predicted molar refractivity (Wildman–Crippen MR) is 105 cm³/mol. The largest absolute Gasteiger partial charge is 0.486 e. The molecule has 1 aliphatic rings. The molecule has 1 N–H and O–H groups in total. The number of carbonyl (C=O) groups excluding carboxylic acids is 1. The molecule has 0 bridgehead atoms. The first-order valence-corrected chi connectivity index (χ1v) is 9.15. The molecule has 2 aromatic rings. The Hall–Kier alpha value is -3.13. The highest BCUT2D eigenvalue weighted by Gasteiger charge is 2.27. The second-order valence-corrected chi connectivity index (χ2v) is 6.56. The normalized spacial score (nSPS) is 16.5. The maximum atomic E-state index is 12.6. The average Bonchev–Trinajstić information content (AvgIpc) is 2.71. The van der Waals surface area contributed by atoms with Gasteiger partial charge in [-0.3, -0.25) is 19.8 Å². The Balaban J connectivity index is 1.61. The Labute approximate surface area is 163 Å². The van der Waals surface area contributed by atoms with Crippen LogP contribution in [0.15, 0.2) is 48.5 Å². The van der Waals surface area contributed by atoms with Gasteiger partial charge in [-0.2, -0.15) is 0 Å². The number of non-ortho nitro benzene ring substituents is 1. The molecule has 0 radical (unpaired) electrons. The van der Waals surface area contributed by atoms with Crippen LogP contribution >= 0.6 is 0 Å². The summed E-state index contributed by atoms with van der Waals surface area (Å²) in [5, 5.41) is 13.6. The molecule has 1 aliphatic heterocycles. The van der Waals surface area contributed by atoms with Crippen LogP contribution in [0.2, 0.25) is 0 Å². The molecule has 2 atom stereocenters. The number of fused-ring (bicyclic) bond motifs is 1. The minimum absolute atomic E-state index is 0.0655. The molecule has 2 unspecified atom stereocenters. The van der Waals surface area contributed by atoms with Crippen LogP contribution < -0.4 is 14.8 Å². The van der Waals surface area contributed by atoms with Crippen LogP contribution in [0.5, 0.6) is 11.5 Å². The zero-order valence-electron chi connectivity index (χ0n) is 15.8. The lowest BCUT2D eigenvalue weighted by molar-refractivity contribution is -0.384. The van der Waals surface area contributed by atoms with Crippen LogP contribution in [-0.2, 0) is 4.79 Å². The molecule has 1 amide bonds. The van der Waals surface area contributed by atoms with Crippen LogP contribution in [0.3, 0.4) is 0 Å². The van der Waals surface area contributed by atoms with Crippen molar-refractivity contribution in [1.82, 2.24) is 4.90 Å². The van der Waals surface area contributed by atoms with E-state index in [0.29, 0.717) is 31.1 Å². The van der Waals surface area contributed by atoms with Crippen LogP contribution in [0, 0.1) is 10.1 Å². The quantitative estimate of drug-likeness (QED) is 0.581. The van der Waals surface area contributed by atoms with Gasteiger partial charge in [-0.25, -0.2) is 0 Å². The Morgan fingerprint density at radius 1 is 1.29 bits per heavy atom. The SMILES string of the molecule is CCN(CC1COc2ccccc2O1)C(C)C(=O)Nc1cccc([N+](=O)[O-])c1. The number of benzene rings is 2. The number of anilines is 1. The van der Waals surface area contributed by atoms with Crippen molar-refractivity contribution in [3.8, 4) is 11.5 Å². The van der Waals surface area contributed by atoms with Gasteiger partial charge in [-0.15, -0.1) is 0 Å². The monoisotopic (exact) mass is 385 g/mol. The number of nitrogens with one attached hydrogen (secondary N) is 1. The number of nitrogens with zero attached hydrogens (tertiary/aromatic N) is 2. The highest BCUT2D eigenvalue weighted by atomic mass is 16.6. The third kappa shape index (κ3) is 4.58. The van der Waals surface area contributed by atoms with Crippen LogP contribution in [-0.4, -0.2) is 47.6 Å². The number of nitro benzene ring substituents is 1. The Morgan fingerprint density at radius 3 is 2.75 bits per heavy atom. The van der Waals surface area contributed by atoms with E-state index >= 15 is 0 Å². The second-order valence-electron chi connectivity index (χ2n) is 6.56. The minimum atomic E-state index is -0.490. The molecule has 0 aromatic heterocycles. The molecule has 2 aromatic carbocycles. The number of ether oxygens (including phenoxy) is 2. The van der Waals surface area contributed by atoms with E-state index in [1.165, 1.54) is 12.1 Å². The number of carbonyl (C=O) groups is 1. The Bertz CT molecular complexity index is 857. The predicted octanol–water partition coefficient (Wildman–Crippen LogP) is 3.08. The van der Waals surface area contributed by atoms with Gasteiger partial charge in [0.05, 0.1) is 11.0 Å². The highest BCUT2D eigenvalue weighted by molar-refractivity contribution is 5.94. The third-order valence-electron chi connectivity index (χ3n) is 4.66. The smallest absolute Gasteiger partial charge is 0.271 e.